The van der Waals surface area contributed by atoms with E-state index in [0.717, 1.165) is 24.7 Å². The first-order valence-electron chi connectivity index (χ1n) is 6.44. The van der Waals surface area contributed by atoms with Crippen LogP contribution in [0.25, 0.3) is 5.57 Å². The number of hydrogen-bond donors (Lipinski definition) is 0. The van der Waals surface area contributed by atoms with Crippen LogP contribution < -0.4 is 0 Å². The summed E-state index contributed by atoms with van der Waals surface area (Å²) in [5.41, 5.74) is 5.10. The third kappa shape index (κ3) is 3.06. The van der Waals surface area contributed by atoms with Gasteiger partial charge >= 0.3 is 0 Å². The van der Waals surface area contributed by atoms with Crippen molar-refractivity contribution in [1.82, 2.24) is 0 Å². The van der Waals surface area contributed by atoms with Crippen LogP contribution >= 0.6 is 0 Å². The maximum atomic E-state index is 10.5. The molecule has 0 aromatic heterocycles. The summed E-state index contributed by atoms with van der Waals surface area (Å²) >= 11 is 0. The first-order valence-corrected chi connectivity index (χ1v) is 6.44. The number of fused-ring (bicyclic) bond motifs is 1. The van der Waals surface area contributed by atoms with E-state index in [1.165, 1.54) is 16.7 Å². The number of rotatable bonds is 3. The van der Waals surface area contributed by atoms with E-state index in [2.05, 4.69) is 24.8 Å². The summed E-state index contributed by atoms with van der Waals surface area (Å²) in [7, 11) is 0. The molecule has 0 spiro atoms. The highest BCUT2D eigenvalue weighted by molar-refractivity contribution is 5.63. The van der Waals surface area contributed by atoms with Crippen LogP contribution in [0.1, 0.15) is 56.2 Å². The molecule has 1 atom stereocenters. The zero-order valence-corrected chi connectivity index (χ0v) is 11.1. The fourth-order valence-electron chi connectivity index (χ4n) is 2.33. The predicted molar refractivity (Wildman–Crippen MR) is 74.2 cm³/mol. The number of hydrogen-bond acceptors (Lipinski definition) is 1. The van der Waals surface area contributed by atoms with Crippen LogP contribution in [-0.4, -0.2) is 6.29 Å². The van der Waals surface area contributed by atoms with Crippen LogP contribution in [0.2, 0.25) is 0 Å². The first-order chi connectivity index (χ1) is 8.22. The Bertz CT molecular complexity index is 404. The summed E-state index contributed by atoms with van der Waals surface area (Å²) in [6.07, 6.45) is 3.93. The summed E-state index contributed by atoms with van der Waals surface area (Å²) in [6, 6.07) is 6.51. The van der Waals surface area contributed by atoms with Gasteiger partial charge in [0.15, 0.2) is 0 Å². The summed E-state index contributed by atoms with van der Waals surface area (Å²) in [6.45, 7) is 9.98. The van der Waals surface area contributed by atoms with Gasteiger partial charge in [-0.05, 0) is 42.4 Å². The first kappa shape index (κ1) is 13.7. The van der Waals surface area contributed by atoms with E-state index in [9.17, 15) is 4.79 Å². The highest BCUT2D eigenvalue weighted by Crippen LogP contribution is 2.36. The molecule has 0 radical (unpaired) electrons. The lowest BCUT2D eigenvalue weighted by Gasteiger charge is -2.08. The molecular formula is C16H22O. The molecule has 1 aromatic rings. The topological polar surface area (TPSA) is 17.1 Å². The highest BCUT2D eigenvalue weighted by Gasteiger charge is 2.21. The van der Waals surface area contributed by atoms with Gasteiger partial charge in [0.2, 0.25) is 0 Å². The molecule has 1 aromatic carbocycles. The van der Waals surface area contributed by atoms with Crippen molar-refractivity contribution in [3.8, 4) is 0 Å². The van der Waals surface area contributed by atoms with Gasteiger partial charge in [0.25, 0.3) is 0 Å². The van der Waals surface area contributed by atoms with Crippen LogP contribution in [0.5, 0.6) is 0 Å². The van der Waals surface area contributed by atoms with Crippen LogP contribution in [0.15, 0.2) is 24.8 Å². The van der Waals surface area contributed by atoms with Crippen molar-refractivity contribution >= 4 is 11.9 Å². The van der Waals surface area contributed by atoms with E-state index in [1.54, 1.807) is 0 Å². The van der Waals surface area contributed by atoms with Crippen molar-refractivity contribution in [2.75, 3.05) is 0 Å². The minimum atomic E-state index is 0.455. The molecule has 92 valence electrons. The molecule has 0 heterocycles. The largest absolute Gasteiger partial charge is 0.303 e. The molecule has 0 unspecified atom stereocenters. The molecule has 1 aliphatic rings. The molecule has 1 nitrogen and oxygen atoms in total. The molecular weight excluding hydrogens is 208 g/mol. The Labute approximate surface area is 105 Å². The van der Waals surface area contributed by atoms with Crippen molar-refractivity contribution in [2.45, 2.75) is 46.0 Å². The molecule has 0 bridgehead atoms. The molecule has 0 saturated heterocycles. The van der Waals surface area contributed by atoms with E-state index in [-0.39, 0.29) is 0 Å². The van der Waals surface area contributed by atoms with Crippen LogP contribution in [0.3, 0.4) is 0 Å². The summed E-state index contributed by atoms with van der Waals surface area (Å²) in [5, 5.41) is 0. The molecule has 0 fully saturated rings. The molecule has 2 rings (SSSR count). The number of benzene rings is 1. The lowest BCUT2D eigenvalue weighted by atomic mass is 9.96. The maximum absolute atomic E-state index is 10.5. The number of carbonyl (C=O) groups is 1. The fraction of sp³-hybridized carbons (Fsp3) is 0.438. The molecule has 17 heavy (non-hydrogen) atoms. The zero-order valence-electron chi connectivity index (χ0n) is 11.1. The SMILES string of the molecule is C=C(C)c1ccc2c(c1)CC[C@@H]2CC=O.CC. The molecule has 0 amide bonds. The summed E-state index contributed by atoms with van der Waals surface area (Å²) in [4.78, 5) is 10.5. The van der Waals surface area contributed by atoms with Gasteiger partial charge in [-0.3, -0.25) is 0 Å². The van der Waals surface area contributed by atoms with Crippen molar-refractivity contribution in [2.24, 2.45) is 0 Å². The van der Waals surface area contributed by atoms with Gasteiger partial charge in [0.05, 0.1) is 0 Å². The minimum absolute atomic E-state index is 0.455. The lowest BCUT2D eigenvalue weighted by Crippen LogP contribution is -1.94. The Morgan fingerprint density at radius 1 is 1.47 bits per heavy atom. The molecule has 1 aliphatic carbocycles. The van der Waals surface area contributed by atoms with Gasteiger partial charge in [-0.2, -0.15) is 0 Å². The highest BCUT2D eigenvalue weighted by atomic mass is 16.1. The minimum Gasteiger partial charge on any atom is -0.303 e. The van der Waals surface area contributed by atoms with Crippen molar-refractivity contribution < 1.29 is 4.79 Å². The van der Waals surface area contributed by atoms with E-state index in [0.29, 0.717) is 12.3 Å². The van der Waals surface area contributed by atoms with Gasteiger partial charge in [0.1, 0.15) is 6.29 Å². The Morgan fingerprint density at radius 2 is 2.18 bits per heavy atom. The van der Waals surface area contributed by atoms with Crippen LogP contribution in [0.4, 0.5) is 0 Å². The standard InChI is InChI=1S/C14H16O.C2H6/c1-10(2)12-5-6-14-11(7-8-15)3-4-13(14)9-12;1-2/h5-6,8-9,11H,1,3-4,7H2,2H3;1-2H3/t11-;/m1./s1. The van der Waals surface area contributed by atoms with Gasteiger partial charge in [0, 0.05) is 6.42 Å². The summed E-state index contributed by atoms with van der Waals surface area (Å²) < 4.78 is 0. The van der Waals surface area contributed by atoms with Gasteiger partial charge in [-0.25, -0.2) is 0 Å². The molecule has 0 aliphatic heterocycles. The Morgan fingerprint density at radius 3 is 2.76 bits per heavy atom. The van der Waals surface area contributed by atoms with Crippen molar-refractivity contribution in [3.63, 3.8) is 0 Å². The van der Waals surface area contributed by atoms with Crippen LogP contribution in [0, 0.1) is 0 Å². The normalized spacial score (nSPS) is 16.8. The number of aryl methyl sites for hydroxylation is 1. The van der Waals surface area contributed by atoms with E-state index >= 15 is 0 Å². The van der Waals surface area contributed by atoms with E-state index in [4.69, 9.17) is 0 Å². The maximum Gasteiger partial charge on any atom is 0.120 e. The zero-order chi connectivity index (χ0) is 12.8. The molecule has 0 saturated carbocycles. The fourth-order valence-corrected chi connectivity index (χ4v) is 2.33. The Kier molecular flexibility index (Phi) is 5.14. The van der Waals surface area contributed by atoms with E-state index < -0.39 is 0 Å². The lowest BCUT2D eigenvalue weighted by molar-refractivity contribution is -0.108. The van der Waals surface area contributed by atoms with Gasteiger partial charge in [-0.15, -0.1) is 0 Å². The van der Waals surface area contributed by atoms with Crippen molar-refractivity contribution in [3.05, 3.63) is 41.5 Å². The van der Waals surface area contributed by atoms with E-state index in [1.807, 2.05) is 20.8 Å². The number of carbonyl (C=O) groups excluding carboxylic acids is 1. The predicted octanol–water partition coefficient (Wildman–Crippen LogP) is 4.36. The number of aldehydes is 1. The second kappa shape index (κ2) is 6.39. The smallest absolute Gasteiger partial charge is 0.120 e. The summed E-state index contributed by atoms with van der Waals surface area (Å²) in [5.74, 6) is 0.455. The van der Waals surface area contributed by atoms with Crippen molar-refractivity contribution in [1.29, 1.82) is 0 Å². The Balaban J connectivity index is 0.000000686. The Hall–Kier alpha value is -1.37. The third-order valence-corrected chi connectivity index (χ3v) is 3.22. The monoisotopic (exact) mass is 230 g/mol. The average Bonchev–Trinajstić information content (AvgIpc) is 2.75. The number of allylic oxidation sites excluding steroid dienone is 1. The molecule has 0 N–H and O–H groups in total. The second-order valence-electron chi connectivity index (χ2n) is 4.33. The quantitative estimate of drug-likeness (QED) is 0.705. The average molecular weight is 230 g/mol. The second-order valence-corrected chi connectivity index (χ2v) is 4.33. The van der Waals surface area contributed by atoms with Gasteiger partial charge in [-0.1, -0.05) is 44.2 Å². The van der Waals surface area contributed by atoms with Gasteiger partial charge < -0.3 is 4.79 Å². The third-order valence-electron chi connectivity index (χ3n) is 3.22. The molecule has 1 heteroatoms. The van der Waals surface area contributed by atoms with Crippen LogP contribution in [-0.2, 0) is 11.2 Å².